The Labute approximate surface area is 121 Å². The lowest BCUT2D eigenvalue weighted by Crippen LogP contribution is -2.25. The van der Waals surface area contributed by atoms with Gasteiger partial charge in [0.25, 0.3) is 0 Å². The van der Waals surface area contributed by atoms with Crippen LogP contribution in [0.4, 0.5) is 14.5 Å². The first-order valence-corrected chi connectivity index (χ1v) is 6.56. The summed E-state index contributed by atoms with van der Waals surface area (Å²) in [6, 6.07) is 12.7. The third-order valence-corrected chi connectivity index (χ3v) is 3.18. The van der Waals surface area contributed by atoms with Crippen LogP contribution in [-0.4, -0.2) is 11.2 Å². The van der Waals surface area contributed by atoms with Gasteiger partial charge in [0.05, 0.1) is 5.25 Å². The van der Waals surface area contributed by atoms with Crippen LogP contribution in [0.5, 0.6) is 0 Å². The maximum absolute atomic E-state index is 13.0. The number of hydrogen-bond acceptors (Lipinski definition) is 2. The molecule has 1 amide bonds. The van der Waals surface area contributed by atoms with E-state index in [1.807, 2.05) is 30.3 Å². The number of hydrogen-bond donors (Lipinski definition) is 2. The highest BCUT2D eigenvalue weighted by atomic mass is 32.1. The Morgan fingerprint density at radius 2 is 1.80 bits per heavy atom. The molecule has 2 rings (SSSR count). The van der Waals surface area contributed by atoms with E-state index in [9.17, 15) is 13.6 Å². The summed E-state index contributed by atoms with van der Waals surface area (Å²) < 4.78 is 25.8. The van der Waals surface area contributed by atoms with Crippen LogP contribution in [0.2, 0.25) is 0 Å². The topological polar surface area (TPSA) is 29.1 Å². The molecule has 104 valence electrons. The van der Waals surface area contributed by atoms with Crippen molar-refractivity contribution in [2.75, 3.05) is 5.32 Å². The van der Waals surface area contributed by atoms with Crippen molar-refractivity contribution in [2.24, 2.45) is 0 Å². The molecule has 0 spiro atoms. The summed E-state index contributed by atoms with van der Waals surface area (Å²) >= 11 is 4.23. The van der Waals surface area contributed by atoms with Gasteiger partial charge in [0.1, 0.15) is 0 Å². The van der Waals surface area contributed by atoms with Crippen molar-refractivity contribution in [3.63, 3.8) is 0 Å². The molecule has 1 unspecified atom stereocenters. The van der Waals surface area contributed by atoms with E-state index in [-0.39, 0.29) is 11.6 Å². The van der Waals surface area contributed by atoms with Gasteiger partial charge in [0.2, 0.25) is 5.91 Å². The first-order chi connectivity index (χ1) is 9.56. The van der Waals surface area contributed by atoms with E-state index in [2.05, 4.69) is 17.9 Å². The zero-order chi connectivity index (χ0) is 14.5. The van der Waals surface area contributed by atoms with Crippen molar-refractivity contribution in [1.82, 2.24) is 0 Å². The van der Waals surface area contributed by atoms with E-state index in [1.54, 1.807) is 0 Å². The van der Waals surface area contributed by atoms with Crippen molar-refractivity contribution >= 4 is 24.2 Å². The monoisotopic (exact) mass is 293 g/mol. The highest BCUT2D eigenvalue weighted by Crippen LogP contribution is 2.15. The molecule has 2 nitrogen and oxygen atoms in total. The molecule has 0 aromatic heterocycles. The third kappa shape index (κ3) is 3.81. The molecule has 1 atom stereocenters. The number of benzene rings is 2. The number of carbonyl (C=O) groups is 1. The average molecular weight is 293 g/mol. The number of halogens is 2. The van der Waals surface area contributed by atoms with Crippen LogP contribution < -0.4 is 5.32 Å². The number of anilines is 1. The zero-order valence-electron chi connectivity index (χ0n) is 10.5. The van der Waals surface area contributed by atoms with E-state index in [0.717, 1.165) is 17.7 Å². The summed E-state index contributed by atoms with van der Waals surface area (Å²) in [7, 11) is 0. The van der Waals surface area contributed by atoms with Crippen molar-refractivity contribution in [2.45, 2.75) is 11.7 Å². The minimum absolute atomic E-state index is 0.209. The number of thiol groups is 1. The molecule has 2 aromatic carbocycles. The predicted molar refractivity (Wildman–Crippen MR) is 77.9 cm³/mol. The van der Waals surface area contributed by atoms with Crippen LogP contribution >= 0.6 is 12.6 Å². The van der Waals surface area contributed by atoms with Gasteiger partial charge in [-0.05, 0) is 24.1 Å². The van der Waals surface area contributed by atoms with Crippen LogP contribution in [0, 0.1) is 11.6 Å². The Bertz CT molecular complexity index is 604. The van der Waals surface area contributed by atoms with E-state index < -0.39 is 16.9 Å². The summed E-state index contributed by atoms with van der Waals surface area (Å²) in [6.07, 6.45) is 0.458. The van der Waals surface area contributed by atoms with Crippen LogP contribution in [0.15, 0.2) is 48.5 Å². The van der Waals surface area contributed by atoms with Gasteiger partial charge in [-0.3, -0.25) is 4.79 Å². The van der Waals surface area contributed by atoms with Crippen molar-refractivity contribution in [3.05, 3.63) is 65.7 Å². The highest BCUT2D eigenvalue weighted by molar-refractivity contribution is 7.81. The molecule has 5 heteroatoms. The second-order valence-corrected chi connectivity index (χ2v) is 4.95. The minimum Gasteiger partial charge on any atom is -0.325 e. The second-order valence-electron chi connectivity index (χ2n) is 4.32. The molecule has 0 saturated heterocycles. The van der Waals surface area contributed by atoms with Gasteiger partial charge < -0.3 is 5.32 Å². The quantitative estimate of drug-likeness (QED) is 0.831. The molecule has 0 aliphatic carbocycles. The molecule has 0 heterocycles. The largest absolute Gasteiger partial charge is 0.325 e. The summed E-state index contributed by atoms with van der Waals surface area (Å²) in [5.41, 5.74) is 1.19. The number of rotatable bonds is 4. The van der Waals surface area contributed by atoms with Crippen LogP contribution in [0.1, 0.15) is 5.56 Å². The molecule has 0 aliphatic rings. The van der Waals surface area contributed by atoms with Gasteiger partial charge in [-0.15, -0.1) is 0 Å². The predicted octanol–water partition coefficient (Wildman–Crippen LogP) is 3.44. The Hall–Kier alpha value is -1.88. The van der Waals surface area contributed by atoms with Crippen LogP contribution in [0.3, 0.4) is 0 Å². The van der Waals surface area contributed by atoms with Gasteiger partial charge in [0, 0.05) is 11.8 Å². The van der Waals surface area contributed by atoms with Crippen molar-refractivity contribution in [3.8, 4) is 0 Å². The molecule has 0 aliphatic heterocycles. The van der Waals surface area contributed by atoms with Gasteiger partial charge >= 0.3 is 0 Å². The maximum atomic E-state index is 13.0. The average Bonchev–Trinajstić information content (AvgIpc) is 2.44. The zero-order valence-corrected chi connectivity index (χ0v) is 11.4. The molecule has 1 N–H and O–H groups in total. The van der Waals surface area contributed by atoms with Crippen LogP contribution in [-0.2, 0) is 11.2 Å². The third-order valence-electron chi connectivity index (χ3n) is 2.76. The lowest BCUT2D eigenvalue weighted by atomic mass is 10.1. The van der Waals surface area contributed by atoms with Crippen LogP contribution in [0.25, 0.3) is 0 Å². The fourth-order valence-corrected chi connectivity index (χ4v) is 2.00. The van der Waals surface area contributed by atoms with E-state index in [0.29, 0.717) is 6.42 Å². The lowest BCUT2D eigenvalue weighted by molar-refractivity contribution is -0.115. The van der Waals surface area contributed by atoms with Crippen molar-refractivity contribution in [1.29, 1.82) is 0 Å². The Morgan fingerprint density at radius 3 is 2.45 bits per heavy atom. The lowest BCUT2D eigenvalue weighted by Gasteiger charge is -2.11. The molecule has 0 saturated carbocycles. The summed E-state index contributed by atoms with van der Waals surface area (Å²) in [4.78, 5) is 11.9. The Balaban J connectivity index is 1.99. The van der Waals surface area contributed by atoms with Crippen molar-refractivity contribution < 1.29 is 13.6 Å². The van der Waals surface area contributed by atoms with E-state index >= 15 is 0 Å². The molecule has 0 radical (unpaired) electrons. The van der Waals surface area contributed by atoms with Gasteiger partial charge in [-0.1, -0.05) is 30.3 Å². The standard InChI is InChI=1S/C15H13F2NOS/c16-12-7-6-11(9-13(12)17)18-15(19)14(20)8-10-4-2-1-3-5-10/h1-7,9,14,20H,8H2,(H,18,19). The molecule has 2 aromatic rings. The fourth-order valence-electron chi connectivity index (χ4n) is 1.73. The summed E-state index contributed by atoms with van der Waals surface area (Å²) in [5.74, 6) is -2.31. The molecule has 0 fully saturated rings. The SMILES string of the molecule is O=C(Nc1ccc(F)c(F)c1)C(S)Cc1ccccc1. The van der Waals surface area contributed by atoms with Gasteiger partial charge in [-0.25, -0.2) is 8.78 Å². The number of nitrogens with one attached hydrogen (secondary N) is 1. The Morgan fingerprint density at radius 1 is 1.10 bits per heavy atom. The van der Waals surface area contributed by atoms with Gasteiger partial charge in [-0.2, -0.15) is 12.6 Å². The first kappa shape index (κ1) is 14.5. The van der Waals surface area contributed by atoms with Gasteiger partial charge in [0.15, 0.2) is 11.6 Å². The maximum Gasteiger partial charge on any atom is 0.237 e. The minimum atomic E-state index is -0.999. The smallest absolute Gasteiger partial charge is 0.237 e. The molecular formula is C15H13F2NOS. The molecule has 0 bridgehead atoms. The summed E-state index contributed by atoms with van der Waals surface area (Å²) in [6.45, 7) is 0. The fraction of sp³-hybridized carbons (Fsp3) is 0.133. The second kappa shape index (κ2) is 6.52. The Kier molecular flexibility index (Phi) is 4.74. The number of amides is 1. The normalized spacial score (nSPS) is 11.9. The molecular weight excluding hydrogens is 280 g/mol. The van der Waals surface area contributed by atoms with E-state index in [4.69, 9.17) is 0 Å². The van der Waals surface area contributed by atoms with E-state index in [1.165, 1.54) is 6.07 Å². The first-order valence-electron chi connectivity index (χ1n) is 6.04. The molecule has 20 heavy (non-hydrogen) atoms. The summed E-state index contributed by atoms with van der Waals surface area (Å²) in [5, 5.41) is 1.94. The number of carbonyl (C=O) groups excluding carboxylic acids is 1. The highest BCUT2D eigenvalue weighted by Gasteiger charge is 2.15.